The van der Waals surface area contributed by atoms with E-state index in [0.717, 1.165) is 24.2 Å². The van der Waals surface area contributed by atoms with E-state index in [1.54, 1.807) is 0 Å². The van der Waals surface area contributed by atoms with Crippen LogP contribution >= 0.6 is 10.7 Å². The van der Waals surface area contributed by atoms with Crippen molar-refractivity contribution in [2.24, 2.45) is 0 Å². The summed E-state index contributed by atoms with van der Waals surface area (Å²) in [5, 5.41) is 0. The van der Waals surface area contributed by atoms with Gasteiger partial charge in [0.1, 0.15) is 5.75 Å². The highest BCUT2D eigenvalue weighted by Gasteiger charge is 2.19. The summed E-state index contributed by atoms with van der Waals surface area (Å²) in [5.41, 5.74) is 0.936. The quantitative estimate of drug-likeness (QED) is 0.776. The summed E-state index contributed by atoms with van der Waals surface area (Å²) in [6, 6.07) is 7.55. The zero-order chi connectivity index (χ0) is 12.3. The fourth-order valence-corrected chi connectivity index (χ4v) is 2.41. The van der Waals surface area contributed by atoms with Gasteiger partial charge >= 0.3 is 0 Å². The highest BCUT2D eigenvalue weighted by Crippen LogP contribution is 2.25. The third-order valence-electron chi connectivity index (χ3n) is 2.89. The second-order valence-corrected chi connectivity index (χ2v) is 7.21. The Bertz CT molecular complexity index is 480. The Morgan fingerprint density at radius 3 is 2.71 bits per heavy atom. The summed E-state index contributed by atoms with van der Waals surface area (Å²) in [6.45, 7) is 0. The van der Waals surface area contributed by atoms with Gasteiger partial charge in [0, 0.05) is 10.7 Å². The van der Waals surface area contributed by atoms with Gasteiger partial charge in [-0.05, 0) is 43.4 Å². The first kappa shape index (κ1) is 12.7. The van der Waals surface area contributed by atoms with Crippen LogP contribution in [-0.4, -0.2) is 20.3 Å². The van der Waals surface area contributed by atoms with Gasteiger partial charge in [0.05, 0.1) is 11.9 Å². The Kier molecular flexibility index (Phi) is 3.94. The van der Waals surface area contributed by atoms with Gasteiger partial charge in [-0.2, -0.15) is 0 Å². The van der Waals surface area contributed by atoms with Crippen molar-refractivity contribution in [1.82, 2.24) is 0 Å². The minimum atomic E-state index is -3.42. The molecule has 1 aromatic rings. The molecule has 1 aliphatic rings. The second-order valence-electron chi connectivity index (χ2n) is 4.31. The van der Waals surface area contributed by atoms with Crippen LogP contribution in [0, 0.1) is 0 Å². The monoisotopic (exact) mass is 274 g/mol. The van der Waals surface area contributed by atoms with E-state index in [4.69, 9.17) is 15.4 Å². The summed E-state index contributed by atoms with van der Waals surface area (Å²) in [5.74, 6) is 0.778. The van der Waals surface area contributed by atoms with Crippen molar-refractivity contribution >= 4 is 19.7 Å². The lowest BCUT2D eigenvalue weighted by molar-refractivity contribution is 0.120. The van der Waals surface area contributed by atoms with E-state index in [0.29, 0.717) is 12.5 Å². The van der Waals surface area contributed by atoms with Crippen LogP contribution < -0.4 is 4.74 Å². The molecule has 0 atom stereocenters. The Hall–Kier alpha value is -0.740. The first-order valence-electron chi connectivity index (χ1n) is 5.71. The van der Waals surface area contributed by atoms with E-state index in [2.05, 4.69) is 0 Å². The lowest BCUT2D eigenvalue weighted by Crippen LogP contribution is -2.24. The molecule has 0 amide bonds. The summed E-state index contributed by atoms with van der Waals surface area (Å²) < 4.78 is 27.5. The fourth-order valence-electron chi connectivity index (χ4n) is 1.70. The van der Waals surface area contributed by atoms with Crippen molar-refractivity contribution in [2.45, 2.75) is 31.8 Å². The molecule has 0 N–H and O–H groups in total. The molecule has 5 heteroatoms. The standard InChI is InChI=1S/C12H15ClO3S/c13-17(14,15)8-7-10-3-1-6-12(9-10)16-11-4-2-5-11/h1,3,6,9,11H,2,4-5,7-8H2. The highest BCUT2D eigenvalue weighted by molar-refractivity contribution is 8.13. The van der Waals surface area contributed by atoms with Crippen LogP contribution in [0.15, 0.2) is 24.3 Å². The molecule has 3 nitrogen and oxygen atoms in total. The van der Waals surface area contributed by atoms with Crippen molar-refractivity contribution in [3.05, 3.63) is 29.8 Å². The maximum Gasteiger partial charge on any atom is 0.232 e. The van der Waals surface area contributed by atoms with Crippen LogP contribution in [0.25, 0.3) is 0 Å². The van der Waals surface area contributed by atoms with Crippen molar-refractivity contribution in [3.8, 4) is 5.75 Å². The number of rotatable bonds is 5. The van der Waals surface area contributed by atoms with Gasteiger partial charge in [0.15, 0.2) is 0 Å². The normalized spacial score (nSPS) is 16.5. The average molecular weight is 275 g/mol. The van der Waals surface area contributed by atoms with E-state index in [-0.39, 0.29) is 5.75 Å². The topological polar surface area (TPSA) is 43.4 Å². The SMILES string of the molecule is O=S(=O)(Cl)CCc1cccc(OC2CCC2)c1. The van der Waals surface area contributed by atoms with Crippen molar-refractivity contribution < 1.29 is 13.2 Å². The highest BCUT2D eigenvalue weighted by atomic mass is 35.7. The van der Waals surface area contributed by atoms with Crippen LogP contribution in [0.2, 0.25) is 0 Å². The van der Waals surface area contributed by atoms with Gasteiger partial charge in [-0.1, -0.05) is 12.1 Å². The van der Waals surface area contributed by atoms with E-state index in [1.165, 1.54) is 6.42 Å². The lowest BCUT2D eigenvalue weighted by atomic mass is 9.96. The van der Waals surface area contributed by atoms with Crippen LogP contribution in [0.3, 0.4) is 0 Å². The number of halogens is 1. The smallest absolute Gasteiger partial charge is 0.232 e. The van der Waals surface area contributed by atoms with Crippen LogP contribution in [-0.2, 0) is 15.5 Å². The molecule has 0 radical (unpaired) electrons. The van der Waals surface area contributed by atoms with Gasteiger partial charge in [-0.15, -0.1) is 0 Å². The van der Waals surface area contributed by atoms with E-state index in [1.807, 2.05) is 24.3 Å². The van der Waals surface area contributed by atoms with Crippen LogP contribution in [0.5, 0.6) is 5.75 Å². The number of benzene rings is 1. The molecule has 0 aromatic heterocycles. The fraction of sp³-hybridized carbons (Fsp3) is 0.500. The molecule has 1 aromatic carbocycles. The zero-order valence-corrected chi connectivity index (χ0v) is 11.0. The van der Waals surface area contributed by atoms with Gasteiger partial charge in [0.25, 0.3) is 0 Å². The molecule has 17 heavy (non-hydrogen) atoms. The Labute approximate surface area is 106 Å². The van der Waals surface area contributed by atoms with Gasteiger partial charge in [-0.25, -0.2) is 8.42 Å². The third-order valence-corrected chi connectivity index (χ3v) is 4.04. The van der Waals surface area contributed by atoms with Crippen LogP contribution in [0.1, 0.15) is 24.8 Å². The largest absolute Gasteiger partial charge is 0.490 e. The average Bonchev–Trinajstić information content (AvgIpc) is 2.20. The maximum absolute atomic E-state index is 10.9. The predicted molar refractivity (Wildman–Crippen MR) is 68.1 cm³/mol. The molecule has 0 saturated heterocycles. The first-order valence-corrected chi connectivity index (χ1v) is 8.19. The van der Waals surface area contributed by atoms with Gasteiger partial charge in [-0.3, -0.25) is 0 Å². The molecule has 2 rings (SSSR count). The minimum Gasteiger partial charge on any atom is -0.490 e. The van der Waals surface area contributed by atoms with Crippen molar-refractivity contribution in [3.63, 3.8) is 0 Å². The Morgan fingerprint density at radius 2 is 2.12 bits per heavy atom. The van der Waals surface area contributed by atoms with E-state index >= 15 is 0 Å². The molecule has 94 valence electrons. The molecular weight excluding hydrogens is 260 g/mol. The van der Waals surface area contributed by atoms with Crippen LogP contribution in [0.4, 0.5) is 0 Å². The molecular formula is C12H15ClO3S. The third kappa shape index (κ3) is 4.21. The summed E-state index contributed by atoms with van der Waals surface area (Å²) in [6.07, 6.45) is 4.21. The maximum atomic E-state index is 10.9. The summed E-state index contributed by atoms with van der Waals surface area (Å²) >= 11 is 0. The second kappa shape index (κ2) is 5.27. The number of hydrogen-bond acceptors (Lipinski definition) is 3. The number of aryl methyl sites for hydroxylation is 1. The number of ether oxygens (including phenoxy) is 1. The Balaban J connectivity index is 1.95. The molecule has 1 aliphatic carbocycles. The van der Waals surface area contributed by atoms with Gasteiger partial charge < -0.3 is 4.74 Å². The van der Waals surface area contributed by atoms with Crippen molar-refractivity contribution in [1.29, 1.82) is 0 Å². The molecule has 0 heterocycles. The first-order chi connectivity index (χ1) is 8.03. The molecule has 0 spiro atoms. The lowest BCUT2D eigenvalue weighted by Gasteiger charge is -2.26. The molecule has 1 saturated carbocycles. The van der Waals surface area contributed by atoms with E-state index in [9.17, 15) is 8.42 Å². The molecule has 1 fully saturated rings. The van der Waals surface area contributed by atoms with Gasteiger partial charge in [0.2, 0.25) is 9.05 Å². The van der Waals surface area contributed by atoms with E-state index < -0.39 is 9.05 Å². The summed E-state index contributed by atoms with van der Waals surface area (Å²) in [4.78, 5) is 0. The molecule has 0 aliphatic heterocycles. The van der Waals surface area contributed by atoms with Crippen molar-refractivity contribution in [2.75, 3.05) is 5.75 Å². The molecule has 0 bridgehead atoms. The minimum absolute atomic E-state index is 0.0402. The predicted octanol–water partition coefficient (Wildman–Crippen LogP) is 2.73. The summed E-state index contributed by atoms with van der Waals surface area (Å²) in [7, 11) is 1.76. The molecule has 0 unspecified atom stereocenters. The zero-order valence-electron chi connectivity index (χ0n) is 9.43. The number of hydrogen-bond donors (Lipinski definition) is 0. The Morgan fingerprint density at radius 1 is 1.35 bits per heavy atom.